The second-order valence-corrected chi connectivity index (χ2v) is 12.4. The monoisotopic (exact) mass is 587 g/mol. The minimum absolute atomic E-state index is 0.00522. The zero-order valence-electron chi connectivity index (χ0n) is 25.2. The van der Waals surface area contributed by atoms with Gasteiger partial charge in [0.1, 0.15) is 12.1 Å². The highest BCUT2D eigenvalue weighted by atomic mass is 16.3. The molecular weight excluding hydrogens is 542 g/mol. The number of nitrogens with zero attached hydrogens (tertiary/aromatic N) is 1. The van der Waals surface area contributed by atoms with Crippen molar-refractivity contribution in [1.29, 1.82) is 0 Å². The molecular formula is C30H45N5O7. The molecule has 2 rings (SSSR count). The van der Waals surface area contributed by atoms with E-state index in [4.69, 9.17) is 6.42 Å². The van der Waals surface area contributed by atoms with E-state index in [1.165, 1.54) is 11.0 Å². The highest BCUT2D eigenvalue weighted by Gasteiger charge is 2.46. The molecule has 0 spiro atoms. The standard InChI is InChI=1S/C30H45N5O7/c1-8-10-11-20(24(38)27(40)31-14-9-2)32-26(39)21-15-19(36)16-35(21)28(41)25(30(5,6)7)34-29(42)33-22(17(3)4)23(37)18-12-13-18/h1,9,17-22,25,36H,2,10-16H2,3-7H3,(H,31,40)(H,32,39)(H2,33,34,42)/t19?,20?,21-,22-,25+/m0/s1. The van der Waals surface area contributed by atoms with Crippen LogP contribution in [0.2, 0.25) is 0 Å². The fourth-order valence-electron chi connectivity index (χ4n) is 4.80. The maximum absolute atomic E-state index is 13.8. The van der Waals surface area contributed by atoms with E-state index in [1.807, 2.05) is 13.8 Å². The van der Waals surface area contributed by atoms with Gasteiger partial charge in [0, 0.05) is 31.8 Å². The molecule has 5 amide bonds. The van der Waals surface area contributed by atoms with Gasteiger partial charge in [0.05, 0.1) is 18.2 Å². The summed E-state index contributed by atoms with van der Waals surface area (Å²) in [5, 5.41) is 20.7. The molecule has 1 aliphatic heterocycles. The molecule has 2 aliphatic rings. The second-order valence-electron chi connectivity index (χ2n) is 12.4. The van der Waals surface area contributed by atoms with Gasteiger partial charge >= 0.3 is 6.03 Å². The molecule has 5 atom stereocenters. The summed E-state index contributed by atoms with van der Waals surface area (Å²) >= 11 is 0. The first-order chi connectivity index (χ1) is 19.6. The van der Waals surface area contributed by atoms with E-state index in [-0.39, 0.29) is 50.0 Å². The summed E-state index contributed by atoms with van der Waals surface area (Å²) in [6.45, 7) is 12.2. The molecule has 0 aromatic rings. The van der Waals surface area contributed by atoms with Gasteiger partial charge in [-0.1, -0.05) is 40.7 Å². The van der Waals surface area contributed by atoms with Crippen molar-refractivity contribution in [1.82, 2.24) is 26.2 Å². The summed E-state index contributed by atoms with van der Waals surface area (Å²) in [4.78, 5) is 79.1. The first kappa shape index (κ1) is 34.5. The Balaban J connectivity index is 2.22. The third-order valence-electron chi connectivity index (χ3n) is 7.33. The SMILES string of the molecule is C#CCCC(NC(=O)[C@@H]1CC(O)CN1C(=O)[C@@H](NC(=O)N[C@H](C(=O)C1CC1)C(C)C)C(C)(C)C)C(=O)C(=O)NCC=C. The first-order valence-corrected chi connectivity index (χ1v) is 14.4. The van der Waals surface area contributed by atoms with Crippen LogP contribution in [0.1, 0.15) is 66.7 Å². The zero-order chi connectivity index (χ0) is 31.8. The van der Waals surface area contributed by atoms with Gasteiger partial charge in [-0.25, -0.2) is 4.79 Å². The van der Waals surface area contributed by atoms with Crippen molar-refractivity contribution in [2.75, 3.05) is 13.1 Å². The molecule has 1 saturated heterocycles. The van der Waals surface area contributed by atoms with Crippen molar-refractivity contribution < 1.29 is 33.9 Å². The van der Waals surface area contributed by atoms with E-state index in [2.05, 4.69) is 33.8 Å². The van der Waals surface area contributed by atoms with Crippen molar-refractivity contribution >= 4 is 35.3 Å². The minimum Gasteiger partial charge on any atom is -0.391 e. The zero-order valence-corrected chi connectivity index (χ0v) is 25.2. The van der Waals surface area contributed by atoms with Gasteiger partial charge in [0.2, 0.25) is 17.6 Å². The normalized spacial score (nSPS) is 20.5. The van der Waals surface area contributed by atoms with Gasteiger partial charge in [-0.2, -0.15) is 0 Å². The molecule has 2 unspecified atom stereocenters. The van der Waals surface area contributed by atoms with Crippen LogP contribution in [0.15, 0.2) is 12.7 Å². The number of urea groups is 1. The summed E-state index contributed by atoms with van der Waals surface area (Å²) in [6, 6.07) is -4.93. The summed E-state index contributed by atoms with van der Waals surface area (Å²) in [5.41, 5.74) is -0.814. The minimum atomic E-state index is -1.24. The predicted octanol–water partition coefficient (Wildman–Crippen LogP) is 0.435. The number of rotatable bonds is 14. The Morgan fingerprint density at radius 3 is 2.26 bits per heavy atom. The van der Waals surface area contributed by atoms with Crippen LogP contribution in [0.5, 0.6) is 0 Å². The number of likely N-dealkylation sites (tertiary alicyclic amines) is 1. The molecule has 0 bridgehead atoms. The lowest BCUT2D eigenvalue weighted by Crippen LogP contribution is -2.61. The summed E-state index contributed by atoms with van der Waals surface area (Å²) in [6.07, 6.45) is 7.28. The van der Waals surface area contributed by atoms with Crippen LogP contribution < -0.4 is 21.3 Å². The van der Waals surface area contributed by atoms with E-state index < -0.39 is 65.2 Å². The fourth-order valence-corrected chi connectivity index (χ4v) is 4.80. The van der Waals surface area contributed by atoms with Crippen LogP contribution in [0.3, 0.4) is 0 Å². The third-order valence-corrected chi connectivity index (χ3v) is 7.33. The average Bonchev–Trinajstić information content (AvgIpc) is 3.70. The van der Waals surface area contributed by atoms with Crippen molar-refractivity contribution in [3.63, 3.8) is 0 Å². The van der Waals surface area contributed by atoms with Crippen LogP contribution in [0.4, 0.5) is 4.79 Å². The number of β-amino-alcohol motifs (C(OH)–C–C–N with tert-alkyl or cyclic N) is 1. The molecule has 1 heterocycles. The van der Waals surface area contributed by atoms with Crippen molar-refractivity contribution in [2.45, 2.75) is 97.0 Å². The number of hydrogen-bond acceptors (Lipinski definition) is 7. The number of carbonyl (C=O) groups excluding carboxylic acids is 6. The molecule has 0 aromatic carbocycles. The van der Waals surface area contributed by atoms with Crippen LogP contribution in [-0.2, 0) is 24.0 Å². The van der Waals surface area contributed by atoms with Gasteiger partial charge in [-0.15, -0.1) is 18.9 Å². The molecule has 12 nitrogen and oxygen atoms in total. The Morgan fingerprint density at radius 2 is 1.74 bits per heavy atom. The number of amides is 5. The Morgan fingerprint density at radius 1 is 1.10 bits per heavy atom. The summed E-state index contributed by atoms with van der Waals surface area (Å²) in [7, 11) is 0. The Bertz CT molecular complexity index is 1100. The number of carbonyl (C=O) groups is 6. The second kappa shape index (κ2) is 15.0. The van der Waals surface area contributed by atoms with Gasteiger partial charge in [-0.3, -0.25) is 24.0 Å². The maximum atomic E-state index is 13.8. The molecule has 0 radical (unpaired) electrons. The Labute approximate surface area is 247 Å². The topological polar surface area (TPSA) is 174 Å². The molecule has 5 N–H and O–H groups in total. The van der Waals surface area contributed by atoms with Crippen molar-refractivity contribution in [2.24, 2.45) is 17.3 Å². The highest BCUT2D eigenvalue weighted by Crippen LogP contribution is 2.32. The van der Waals surface area contributed by atoms with Gasteiger partial charge in [-0.05, 0) is 30.6 Å². The van der Waals surface area contributed by atoms with E-state index in [9.17, 15) is 33.9 Å². The number of ketones is 2. The molecule has 0 aromatic heterocycles. The van der Waals surface area contributed by atoms with Crippen LogP contribution in [0.25, 0.3) is 0 Å². The predicted molar refractivity (Wildman–Crippen MR) is 156 cm³/mol. The van der Waals surface area contributed by atoms with Crippen LogP contribution in [-0.4, -0.2) is 88.7 Å². The quantitative estimate of drug-likeness (QED) is 0.111. The van der Waals surface area contributed by atoms with Crippen LogP contribution >= 0.6 is 0 Å². The summed E-state index contributed by atoms with van der Waals surface area (Å²) in [5.74, 6) is -1.04. The molecule has 12 heteroatoms. The van der Waals surface area contributed by atoms with Crippen molar-refractivity contribution in [3.05, 3.63) is 12.7 Å². The number of aliphatic hydroxyl groups is 1. The number of terminal acetylenes is 1. The molecule has 1 aliphatic carbocycles. The number of nitrogens with one attached hydrogen (secondary N) is 4. The van der Waals surface area contributed by atoms with Gasteiger partial charge < -0.3 is 31.3 Å². The van der Waals surface area contributed by atoms with Gasteiger partial charge in [0.25, 0.3) is 5.91 Å². The van der Waals surface area contributed by atoms with E-state index >= 15 is 0 Å². The Kier molecular flexibility index (Phi) is 12.3. The lowest BCUT2D eigenvalue weighted by molar-refractivity contribution is -0.143. The molecule has 1 saturated carbocycles. The molecule has 2 fully saturated rings. The number of aliphatic hydroxyl groups excluding tert-OH is 1. The molecule has 42 heavy (non-hydrogen) atoms. The lowest BCUT2D eigenvalue weighted by Gasteiger charge is -2.36. The maximum Gasteiger partial charge on any atom is 0.316 e. The first-order valence-electron chi connectivity index (χ1n) is 14.4. The lowest BCUT2D eigenvalue weighted by atomic mass is 9.85. The number of hydrogen-bond donors (Lipinski definition) is 5. The van der Waals surface area contributed by atoms with Crippen molar-refractivity contribution in [3.8, 4) is 12.3 Å². The van der Waals surface area contributed by atoms with Crippen LogP contribution in [0, 0.1) is 29.6 Å². The largest absolute Gasteiger partial charge is 0.391 e. The summed E-state index contributed by atoms with van der Waals surface area (Å²) < 4.78 is 0. The molecule has 232 valence electrons. The van der Waals surface area contributed by atoms with E-state index in [0.717, 1.165) is 12.8 Å². The Hall–Kier alpha value is -3.72. The smallest absolute Gasteiger partial charge is 0.316 e. The third kappa shape index (κ3) is 9.41. The van der Waals surface area contributed by atoms with Gasteiger partial charge in [0.15, 0.2) is 5.78 Å². The van der Waals surface area contributed by atoms with E-state index in [1.54, 1.807) is 20.8 Å². The average molecular weight is 588 g/mol. The van der Waals surface area contributed by atoms with E-state index in [0.29, 0.717) is 0 Å². The number of Topliss-reactive ketones (excluding diaryl/α,β-unsaturated/α-hetero) is 2. The highest BCUT2D eigenvalue weighted by molar-refractivity contribution is 6.38. The fraction of sp³-hybridized carbons (Fsp3) is 0.667.